The molecule has 1 aromatic heterocycles. The zero-order chi connectivity index (χ0) is 19.6. The van der Waals surface area contributed by atoms with E-state index in [-0.39, 0.29) is 6.04 Å². The van der Waals surface area contributed by atoms with Crippen molar-refractivity contribution < 1.29 is 13.2 Å². The molecule has 1 atom stereocenters. The fraction of sp³-hybridized carbons (Fsp3) is 0.474. The SMILES string of the molecule is COc1ccnc(N2CCN(c3cccc(S(C)(=O)=O)c3)C[C@H]2C(C)C)n1. The second-order valence-corrected chi connectivity index (χ2v) is 9.14. The Morgan fingerprint density at radius 3 is 2.67 bits per heavy atom. The molecule has 2 aromatic rings. The monoisotopic (exact) mass is 390 g/mol. The number of benzene rings is 1. The van der Waals surface area contributed by atoms with E-state index in [0.29, 0.717) is 22.6 Å². The van der Waals surface area contributed by atoms with Crippen molar-refractivity contribution in [3.8, 4) is 5.88 Å². The maximum absolute atomic E-state index is 11.9. The summed E-state index contributed by atoms with van der Waals surface area (Å²) in [6.45, 7) is 6.63. The molecule has 0 saturated carbocycles. The largest absolute Gasteiger partial charge is 0.481 e. The smallest absolute Gasteiger partial charge is 0.228 e. The Hall–Kier alpha value is -2.35. The minimum absolute atomic E-state index is 0.202. The van der Waals surface area contributed by atoms with Gasteiger partial charge in [0.15, 0.2) is 9.84 Å². The minimum atomic E-state index is -3.23. The molecule has 0 N–H and O–H groups in total. The van der Waals surface area contributed by atoms with Crippen LogP contribution < -0.4 is 14.5 Å². The van der Waals surface area contributed by atoms with E-state index in [2.05, 4.69) is 33.6 Å². The maximum atomic E-state index is 11.9. The molecule has 0 unspecified atom stereocenters. The van der Waals surface area contributed by atoms with Crippen molar-refractivity contribution in [3.05, 3.63) is 36.5 Å². The Kier molecular flexibility index (Phi) is 5.55. The zero-order valence-corrected chi connectivity index (χ0v) is 17.0. The van der Waals surface area contributed by atoms with Gasteiger partial charge in [0, 0.05) is 43.8 Å². The molecule has 0 amide bonds. The molecule has 3 rings (SSSR count). The van der Waals surface area contributed by atoms with Crippen LogP contribution in [0.15, 0.2) is 41.4 Å². The van der Waals surface area contributed by atoms with Crippen LogP contribution in [0.1, 0.15) is 13.8 Å². The van der Waals surface area contributed by atoms with E-state index in [1.165, 1.54) is 6.26 Å². The summed E-state index contributed by atoms with van der Waals surface area (Å²) in [4.78, 5) is 13.7. The molecule has 1 fully saturated rings. The number of hydrogen-bond donors (Lipinski definition) is 0. The molecule has 1 aliphatic heterocycles. The van der Waals surface area contributed by atoms with E-state index in [0.717, 1.165) is 25.3 Å². The normalized spacial score (nSPS) is 18.0. The van der Waals surface area contributed by atoms with Crippen molar-refractivity contribution in [3.63, 3.8) is 0 Å². The summed E-state index contributed by atoms with van der Waals surface area (Å²) in [5.41, 5.74) is 0.926. The number of sulfone groups is 1. The molecule has 0 spiro atoms. The van der Waals surface area contributed by atoms with Gasteiger partial charge in [0.25, 0.3) is 0 Å². The maximum Gasteiger partial charge on any atom is 0.228 e. The molecular weight excluding hydrogens is 364 g/mol. The lowest BCUT2D eigenvalue weighted by molar-refractivity contribution is 0.388. The average molecular weight is 391 g/mol. The van der Waals surface area contributed by atoms with E-state index in [1.54, 1.807) is 37.6 Å². The first kappa shape index (κ1) is 19.4. The van der Waals surface area contributed by atoms with E-state index in [4.69, 9.17) is 4.74 Å². The highest BCUT2D eigenvalue weighted by atomic mass is 32.2. The average Bonchev–Trinajstić information content (AvgIpc) is 2.67. The van der Waals surface area contributed by atoms with Crippen molar-refractivity contribution in [1.29, 1.82) is 0 Å². The Morgan fingerprint density at radius 1 is 1.22 bits per heavy atom. The number of ether oxygens (including phenoxy) is 1. The van der Waals surface area contributed by atoms with Crippen LogP contribution in [0.2, 0.25) is 0 Å². The number of aromatic nitrogens is 2. The van der Waals surface area contributed by atoms with Gasteiger partial charge in [0.1, 0.15) is 0 Å². The summed E-state index contributed by atoms with van der Waals surface area (Å²) in [6, 6.07) is 9.09. The lowest BCUT2D eigenvalue weighted by Crippen LogP contribution is -2.56. The van der Waals surface area contributed by atoms with Crippen LogP contribution in [0.5, 0.6) is 5.88 Å². The van der Waals surface area contributed by atoms with Crippen molar-refractivity contribution in [1.82, 2.24) is 9.97 Å². The molecule has 2 heterocycles. The van der Waals surface area contributed by atoms with Crippen LogP contribution in [-0.2, 0) is 9.84 Å². The quantitative estimate of drug-likeness (QED) is 0.775. The fourth-order valence-corrected chi connectivity index (χ4v) is 4.02. The highest BCUT2D eigenvalue weighted by Crippen LogP contribution is 2.27. The summed E-state index contributed by atoms with van der Waals surface area (Å²) in [5.74, 6) is 1.59. The highest BCUT2D eigenvalue weighted by Gasteiger charge is 2.31. The third kappa shape index (κ3) is 4.32. The Morgan fingerprint density at radius 2 is 2.00 bits per heavy atom. The topological polar surface area (TPSA) is 75.6 Å². The van der Waals surface area contributed by atoms with Gasteiger partial charge in [0.05, 0.1) is 18.0 Å². The molecule has 1 aromatic carbocycles. The molecule has 0 radical (unpaired) electrons. The van der Waals surface area contributed by atoms with Crippen molar-refractivity contribution >= 4 is 21.5 Å². The Bertz CT molecular complexity index is 901. The van der Waals surface area contributed by atoms with Gasteiger partial charge in [0.2, 0.25) is 11.8 Å². The number of anilines is 2. The van der Waals surface area contributed by atoms with Crippen molar-refractivity contribution in [2.45, 2.75) is 24.8 Å². The van der Waals surface area contributed by atoms with Crippen LogP contribution in [0.4, 0.5) is 11.6 Å². The highest BCUT2D eigenvalue weighted by molar-refractivity contribution is 7.90. The lowest BCUT2D eigenvalue weighted by Gasteiger charge is -2.44. The number of methoxy groups -OCH3 is 1. The second kappa shape index (κ2) is 7.72. The molecule has 7 nitrogen and oxygen atoms in total. The zero-order valence-electron chi connectivity index (χ0n) is 16.2. The Labute approximate surface area is 160 Å². The first-order valence-electron chi connectivity index (χ1n) is 8.98. The molecule has 8 heteroatoms. The van der Waals surface area contributed by atoms with Crippen LogP contribution in [0, 0.1) is 5.92 Å². The van der Waals surface area contributed by atoms with Gasteiger partial charge in [-0.1, -0.05) is 19.9 Å². The molecule has 1 saturated heterocycles. The summed E-state index contributed by atoms with van der Waals surface area (Å²) >= 11 is 0. The Balaban J connectivity index is 1.86. The number of piperazine rings is 1. The minimum Gasteiger partial charge on any atom is -0.481 e. The number of nitrogens with zero attached hydrogens (tertiary/aromatic N) is 4. The van der Waals surface area contributed by atoms with Crippen LogP contribution in [0.3, 0.4) is 0 Å². The molecule has 1 aliphatic rings. The van der Waals surface area contributed by atoms with Crippen LogP contribution in [-0.4, -0.2) is 57.4 Å². The summed E-state index contributed by atoms with van der Waals surface area (Å²) in [6.07, 6.45) is 2.95. The lowest BCUT2D eigenvalue weighted by atomic mass is 9.99. The van der Waals surface area contributed by atoms with E-state index < -0.39 is 9.84 Å². The fourth-order valence-electron chi connectivity index (χ4n) is 3.36. The standard InChI is InChI=1S/C19H26N4O3S/c1-14(2)17-13-22(15-6-5-7-16(12-15)27(4,24)25)10-11-23(17)19-20-9-8-18(21-19)26-3/h5-9,12,14,17H,10-11,13H2,1-4H3/t17-/m0/s1. The predicted octanol–water partition coefficient (Wildman–Crippen LogP) is 2.24. The number of rotatable bonds is 5. The van der Waals surface area contributed by atoms with E-state index >= 15 is 0 Å². The molecule has 27 heavy (non-hydrogen) atoms. The molecule has 146 valence electrons. The predicted molar refractivity (Wildman–Crippen MR) is 106 cm³/mol. The first-order chi connectivity index (χ1) is 12.8. The first-order valence-corrected chi connectivity index (χ1v) is 10.9. The van der Waals surface area contributed by atoms with Crippen molar-refractivity contribution in [2.75, 3.05) is 42.8 Å². The van der Waals surface area contributed by atoms with Gasteiger partial charge in [-0.2, -0.15) is 4.98 Å². The molecule has 0 aliphatic carbocycles. The molecular formula is C19H26N4O3S. The van der Waals surface area contributed by atoms with E-state index in [9.17, 15) is 8.42 Å². The third-order valence-corrected chi connectivity index (χ3v) is 5.99. The van der Waals surface area contributed by atoms with Gasteiger partial charge in [-0.05, 0) is 24.1 Å². The summed E-state index contributed by atoms with van der Waals surface area (Å²) in [7, 11) is -1.63. The summed E-state index contributed by atoms with van der Waals surface area (Å²) in [5, 5.41) is 0. The van der Waals surface area contributed by atoms with Crippen LogP contribution in [0.25, 0.3) is 0 Å². The second-order valence-electron chi connectivity index (χ2n) is 7.12. The van der Waals surface area contributed by atoms with Gasteiger partial charge in [-0.3, -0.25) is 0 Å². The van der Waals surface area contributed by atoms with Gasteiger partial charge in [-0.15, -0.1) is 0 Å². The number of hydrogen-bond acceptors (Lipinski definition) is 7. The van der Waals surface area contributed by atoms with Gasteiger partial charge in [-0.25, -0.2) is 13.4 Å². The summed E-state index contributed by atoms with van der Waals surface area (Å²) < 4.78 is 29.0. The van der Waals surface area contributed by atoms with E-state index in [1.807, 2.05) is 6.07 Å². The third-order valence-electron chi connectivity index (χ3n) is 4.88. The van der Waals surface area contributed by atoms with Crippen molar-refractivity contribution in [2.24, 2.45) is 5.92 Å². The van der Waals surface area contributed by atoms with Crippen LogP contribution >= 0.6 is 0 Å². The van der Waals surface area contributed by atoms with Gasteiger partial charge >= 0.3 is 0 Å². The van der Waals surface area contributed by atoms with Gasteiger partial charge < -0.3 is 14.5 Å². The molecule has 0 bridgehead atoms.